The van der Waals surface area contributed by atoms with Crippen LogP contribution in [0.1, 0.15) is 12.0 Å². The summed E-state index contributed by atoms with van der Waals surface area (Å²) in [6.45, 7) is 0. The summed E-state index contributed by atoms with van der Waals surface area (Å²) in [4.78, 5) is 24.5. The zero-order valence-electron chi connectivity index (χ0n) is 12.6. The third kappa shape index (κ3) is 3.63. The highest BCUT2D eigenvalue weighted by atomic mass is 79.9. The highest BCUT2D eigenvalue weighted by Crippen LogP contribution is 2.40. The van der Waals surface area contributed by atoms with Crippen molar-refractivity contribution in [3.63, 3.8) is 0 Å². The Bertz CT molecular complexity index is 844. The van der Waals surface area contributed by atoms with Crippen molar-refractivity contribution in [3.8, 4) is 6.07 Å². The summed E-state index contributed by atoms with van der Waals surface area (Å²) in [5, 5.41) is 14.5. The van der Waals surface area contributed by atoms with Gasteiger partial charge in [-0.05, 0) is 52.7 Å². The minimum Gasteiger partial charge on any atom is -0.326 e. The first-order valence-corrected chi connectivity index (χ1v) is 8.24. The number of nitrogens with one attached hydrogen (secondary N) is 2. The van der Waals surface area contributed by atoms with E-state index < -0.39 is 0 Å². The lowest BCUT2D eigenvalue weighted by atomic mass is 10.2. The van der Waals surface area contributed by atoms with Crippen LogP contribution in [0.3, 0.4) is 0 Å². The van der Waals surface area contributed by atoms with Crippen LogP contribution in [0, 0.1) is 23.2 Å². The lowest BCUT2D eigenvalue weighted by Crippen LogP contribution is -2.20. The molecule has 3 rings (SSSR count). The molecule has 1 saturated carbocycles. The van der Waals surface area contributed by atoms with Gasteiger partial charge in [-0.3, -0.25) is 9.59 Å². The van der Waals surface area contributed by atoms with Crippen molar-refractivity contribution >= 4 is 39.1 Å². The van der Waals surface area contributed by atoms with E-state index >= 15 is 0 Å². The Labute approximate surface area is 147 Å². The summed E-state index contributed by atoms with van der Waals surface area (Å²) in [6, 6.07) is 16.1. The van der Waals surface area contributed by atoms with Crippen LogP contribution in [0.25, 0.3) is 0 Å². The minimum absolute atomic E-state index is 0.159. The molecule has 120 valence electrons. The van der Waals surface area contributed by atoms with Crippen molar-refractivity contribution < 1.29 is 9.59 Å². The molecule has 24 heavy (non-hydrogen) atoms. The number of rotatable bonds is 4. The van der Waals surface area contributed by atoms with Crippen molar-refractivity contribution in [1.82, 2.24) is 0 Å². The van der Waals surface area contributed by atoms with Crippen LogP contribution in [0.2, 0.25) is 0 Å². The number of hydrogen-bond donors (Lipinski definition) is 2. The van der Waals surface area contributed by atoms with Crippen molar-refractivity contribution in [3.05, 3.63) is 58.6 Å². The molecule has 1 fully saturated rings. The van der Waals surface area contributed by atoms with Crippen LogP contribution in [0.5, 0.6) is 0 Å². The van der Waals surface area contributed by atoms with Crippen LogP contribution in [0.15, 0.2) is 53.0 Å². The molecule has 1 aliphatic carbocycles. The van der Waals surface area contributed by atoms with E-state index in [4.69, 9.17) is 5.26 Å². The van der Waals surface area contributed by atoms with E-state index in [9.17, 15) is 9.59 Å². The highest BCUT2D eigenvalue weighted by Gasteiger charge is 2.48. The Hall–Kier alpha value is -2.65. The normalized spacial score (nSPS) is 18.3. The number of anilines is 2. The fraction of sp³-hybridized carbons (Fsp3) is 0.167. The van der Waals surface area contributed by atoms with Crippen molar-refractivity contribution in [2.24, 2.45) is 11.8 Å². The lowest BCUT2D eigenvalue weighted by molar-refractivity contribution is -0.122. The van der Waals surface area contributed by atoms with Crippen LogP contribution >= 0.6 is 15.9 Å². The fourth-order valence-electron chi connectivity index (χ4n) is 2.46. The summed E-state index contributed by atoms with van der Waals surface area (Å²) in [6.07, 6.45) is 0.528. The number of carbonyl (C=O) groups is 2. The minimum atomic E-state index is -0.335. The fourth-order valence-corrected chi connectivity index (χ4v) is 2.85. The van der Waals surface area contributed by atoms with Gasteiger partial charge in [0.25, 0.3) is 0 Å². The number of nitriles is 1. The third-order valence-electron chi connectivity index (χ3n) is 3.85. The first kappa shape index (κ1) is 16.2. The van der Waals surface area contributed by atoms with Crippen molar-refractivity contribution in [2.45, 2.75) is 6.42 Å². The first-order valence-electron chi connectivity index (χ1n) is 7.45. The smallest absolute Gasteiger partial charge is 0.228 e. The average molecular weight is 384 g/mol. The van der Waals surface area contributed by atoms with Gasteiger partial charge in [0.1, 0.15) is 0 Å². The molecule has 2 unspecified atom stereocenters. The maximum Gasteiger partial charge on any atom is 0.228 e. The maximum absolute atomic E-state index is 12.2. The standard InChI is InChI=1S/C18H14BrN3O2/c19-15-6-1-2-7-16(15)22-18(24)14-9-13(14)17(23)21-12-5-3-4-11(8-12)10-20/h1-8,13-14H,9H2,(H,21,23)(H,22,24). The predicted octanol–water partition coefficient (Wildman–Crippen LogP) is 3.53. The first-order chi connectivity index (χ1) is 11.6. The molecule has 0 spiro atoms. The summed E-state index contributed by atoms with van der Waals surface area (Å²) in [5.74, 6) is -1.01. The van der Waals surface area contributed by atoms with Crippen LogP contribution < -0.4 is 10.6 Å². The zero-order valence-corrected chi connectivity index (χ0v) is 14.2. The second-order valence-corrected chi connectivity index (χ2v) is 6.45. The van der Waals surface area contributed by atoms with E-state index in [1.165, 1.54) is 0 Å². The summed E-state index contributed by atoms with van der Waals surface area (Å²) in [7, 11) is 0. The number of benzene rings is 2. The van der Waals surface area contributed by atoms with E-state index in [1.54, 1.807) is 30.3 Å². The van der Waals surface area contributed by atoms with E-state index in [0.717, 1.165) is 4.47 Å². The molecule has 2 amide bonds. The van der Waals surface area contributed by atoms with Gasteiger partial charge in [0.15, 0.2) is 0 Å². The van der Waals surface area contributed by atoms with Gasteiger partial charge in [0.2, 0.25) is 11.8 Å². The largest absolute Gasteiger partial charge is 0.326 e. The number of nitrogens with zero attached hydrogens (tertiary/aromatic N) is 1. The molecule has 0 saturated heterocycles. The Kier molecular flexibility index (Phi) is 4.63. The second-order valence-electron chi connectivity index (χ2n) is 5.60. The molecule has 2 N–H and O–H groups in total. The van der Waals surface area contributed by atoms with Crippen LogP contribution in [-0.2, 0) is 9.59 Å². The van der Waals surface area contributed by atoms with Gasteiger partial charge in [0.05, 0.1) is 29.2 Å². The molecular weight excluding hydrogens is 370 g/mol. The van der Waals surface area contributed by atoms with E-state index in [1.807, 2.05) is 24.3 Å². The number of amides is 2. The van der Waals surface area contributed by atoms with Crippen LogP contribution in [-0.4, -0.2) is 11.8 Å². The number of halogens is 1. The molecule has 2 aromatic rings. The van der Waals surface area contributed by atoms with Gasteiger partial charge in [-0.25, -0.2) is 0 Å². The number of para-hydroxylation sites is 1. The monoisotopic (exact) mass is 383 g/mol. The van der Waals surface area contributed by atoms with Crippen LogP contribution in [0.4, 0.5) is 11.4 Å². The van der Waals surface area contributed by atoms with Crippen molar-refractivity contribution in [1.29, 1.82) is 5.26 Å². The second kappa shape index (κ2) is 6.85. The highest BCUT2D eigenvalue weighted by molar-refractivity contribution is 9.10. The molecule has 0 aliphatic heterocycles. The Balaban J connectivity index is 1.58. The lowest BCUT2D eigenvalue weighted by Gasteiger charge is -2.07. The molecule has 5 nitrogen and oxygen atoms in total. The number of carbonyl (C=O) groups excluding carboxylic acids is 2. The SMILES string of the molecule is N#Cc1cccc(NC(=O)C2CC2C(=O)Nc2ccccc2Br)c1. The quantitative estimate of drug-likeness (QED) is 0.846. The molecule has 6 heteroatoms. The maximum atomic E-state index is 12.2. The molecule has 0 radical (unpaired) electrons. The summed E-state index contributed by atoms with van der Waals surface area (Å²) < 4.78 is 0.799. The van der Waals surface area contributed by atoms with Gasteiger partial charge >= 0.3 is 0 Å². The molecular formula is C18H14BrN3O2. The summed E-state index contributed by atoms with van der Waals surface area (Å²) in [5.41, 5.74) is 1.73. The van der Waals surface area contributed by atoms with Crippen molar-refractivity contribution in [2.75, 3.05) is 10.6 Å². The molecule has 2 atom stereocenters. The Morgan fingerprint density at radius 1 is 1.04 bits per heavy atom. The van der Waals surface area contributed by atoms with E-state index in [-0.39, 0.29) is 23.7 Å². The Morgan fingerprint density at radius 3 is 2.46 bits per heavy atom. The molecule has 1 aliphatic rings. The predicted molar refractivity (Wildman–Crippen MR) is 94.2 cm³/mol. The molecule has 0 bridgehead atoms. The topological polar surface area (TPSA) is 82.0 Å². The van der Waals surface area contributed by atoms with Gasteiger partial charge in [-0.1, -0.05) is 18.2 Å². The average Bonchev–Trinajstić information content (AvgIpc) is 3.38. The Morgan fingerprint density at radius 2 is 1.75 bits per heavy atom. The van der Waals surface area contributed by atoms with E-state index in [0.29, 0.717) is 23.4 Å². The van der Waals surface area contributed by atoms with E-state index in [2.05, 4.69) is 26.6 Å². The molecule has 0 heterocycles. The van der Waals surface area contributed by atoms with Gasteiger partial charge in [0, 0.05) is 10.2 Å². The summed E-state index contributed by atoms with van der Waals surface area (Å²) >= 11 is 3.38. The van der Waals surface area contributed by atoms with Gasteiger partial charge in [-0.15, -0.1) is 0 Å². The van der Waals surface area contributed by atoms with Gasteiger partial charge < -0.3 is 10.6 Å². The molecule has 2 aromatic carbocycles. The number of hydrogen-bond acceptors (Lipinski definition) is 3. The molecule has 0 aromatic heterocycles. The third-order valence-corrected chi connectivity index (χ3v) is 4.55. The van der Waals surface area contributed by atoms with Gasteiger partial charge in [-0.2, -0.15) is 5.26 Å². The zero-order chi connectivity index (χ0) is 17.1.